The molecule has 0 aromatic carbocycles. The molecule has 0 bridgehead atoms. The van der Waals surface area contributed by atoms with Gasteiger partial charge < -0.3 is 20.1 Å². The van der Waals surface area contributed by atoms with Gasteiger partial charge in [0.25, 0.3) is 0 Å². The number of nitrogens with zero attached hydrogens (tertiary/aromatic N) is 1. The highest BCUT2D eigenvalue weighted by molar-refractivity contribution is 5.79. The van der Waals surface area contributed by atoms with Crippen molar-refractivity contribution >= 4 is 5.96 Å². The summed E-state index contributed by atoms with van der Waals surface area (Å²) >= 11 is 0. The molecule has 26 heavy (non-hydrogen) atoms. The predicted molar refractivity (Wildman–Crippen MR) is 97.4 cm³/mol. The van der Waals surface area contributed by atoms with E-state index in [4.69, 9.17) is 4.74 Å². The van der Waals surface area contributed by atoms with Crippen molar-refractivity contribution in [3.63, 3.8) is 0 Å². The first-order chi connectivity index (χ1) is 12.1. The van der Waals surface area contributed by atoms with Gasteiger partial charge in [-0.1, -0.05) is 20.8 Å². The SMILES string of the molecule is CCNC(=NCC1CCCOC1C(C)(C)C)NCCCOCC(F)(F)F. The molecule has 2 N–H and O–H groups in total. The monoisotopic (exact) mass is 381 g/mol. The van der Waals surface area contributed by atoms with Crippen LogP contribution in [0, 0.1) is 11.3 Å². The fraction of sp³-hybridized carbons (Fsp3) is 0.944. The Morgan fingerprint density at radius 2 is 1.96 bits per heavy atom. The molecule has 0 amide bonds. The van der Waals surface area contributed by atoms with E-state index in [1.54, 1.807) is 0 Å². The van der Waals surface area contributed by atoms with E-state index in [-0.39, 0.29) is 18.1 Å². The molecule has 8 heteroatoms. The van der Waals surface area contributed by atoms with Crippen molar-refractivity contribution in [1.29, 1.82) is 0 Å². The molecule has 154 valence electrons. The third-order valence-corrected chi connectivity index (χ3v) is 4.15. The molecule has 1 fully saturated rings. The first kappa shape index (κ1) is 23.0. The molecule has 0 aromatic heterocycles. The Morgan fingerprint density at radius 3 is 2.58 bits per heavy atom. The second-order valence-corrected chi connectivity index (χ2v) is 7.73. The van der Waals surface area contributed by atoms with E-state index >= 15 is 0 Å². The van der Waals surface area contributed by atoms with Gasteiger partial charge >= 0.3 is 6.18 Å². The predicted octanol–water partition coefficient (Wildman–Crippen LogP) is 3.35. The van der Waals surface area contributed by atoms with Crippen LogP contribution < -0.4 is 10.6 Å². The van der Waals surface area contributed by atoms with Crippen molar-refractivity contribution in [2.75, 3.05) is 39.5 Å². The van der Waals surface area contributed by atoms with Crippen molar-refractivity contribution in [3.05, 3.63) is 0 Å². The van der Waals surface area contributed by atoms with Gasteiger partial charge in [-0.3, -0.25) is 4.99 Å². The lowest BCUT2D eigenvalue weighted by Gasteiger charge is -2.39. The van der Waals surface area contributed by atoms with Crippen molar-refractivity contribution in [1.82, 2.24) is 10.6 Å². The summed E-state index contributed by atoms with van der Waals surface area (Å²) in [5.74, 6) is 1.05. The molecule has 1 aliphatic rings. The van der Waals surface area contributed by atoms with Crippen LogP contribution in [0.1, 0.15) is 47.0 Å². The Morgan fingerprint density at radius 1 is 1.23 bits per heavy atom. The second kappa shape index (κ2) is 11.0. The summed E-state index contributed by atoms with van der Waals surface area (Å²) < 4.78 is 46.6. The first-order valence-electron chi connectivity index (χ1n) is 9.41. The number of rotatable bonds is 8. The molecule has 2 atom stereocenters. The summed E-state index contributed by atoms with van der Waals surface area (Å²) in [4.78, 5) is 4.65. The fourth-order valence-corrected chi connectivity index (χ4v) is 3.11. The van der Waals surface area contributed by atoms with E-state index in [0.29, 0.717) is 31.4 Å². The van der Waals surface area contributed by atoms with Gasteiger partial charge in [-0.2, -0.15) is 13.2 Å². The van der Waals surface area contributed by atoms with Gasteiger partial charge in [0.15, 0.2) is 5.96 Å². The average Bonchev–Trinajstić information content (AvgIpc) is 2.54. The number of halogens is 3. The molecule has 1 rings (SSSR count). The van der Waals surface area contributed by atoms with Gasteiger partial charge in [-0.25, -0.2) is 0 Å². The van der Waals surface area contributed by atoms with Crippen LogP contribution in [-0.2, 0) is 9.47 Å². The zero-order chi connectivity index (χ0) is 19.6. The maximum absolute atomic E-state index is 12.0. The Hall–Kier alpha value is -1.02. The third-order valence-electron chi connectivity index (χ3n) is 4.15. The molecular weight excluding hydrogens is 347 g/mol. The molecule has 1 heterocycles. The highest BCUT2D eigenvalue weighted by Crippen LogP contribution is 2.34. The van der Waals surface area contributed by atoms with E-state index < -0.39 is 12.8 Å². The van der Waals surface area contributed by atoms with E-state index in [9.17, 15) is 13.2 Å². The lowest BCUT2D eigenvalue weighted by Crippen LogP contribution is -2.43. The van der Waals surface area contributed by atoms with Crippen LogP contribution >= 0.6 is 0 Å². The van der Waals surface area contributed by atoms with E-state index in [2.05, 4.69) is 41.1 Å². The quantitative estimate of drug-likeness (QED) is 0.385. The summed E-state index contributed by atoms with van der Waals surface area (Å²) in [6.07, 6.45) is -1.46. The number of ether oxygens (including phenoxy) is 2. The maximum atomic E-state index is 12.0. The Kier molecular flexibility index (Phi) is 9.71. The third kappa shape index (κ3) is 9.62. The largest absolute Gasteiger partial charge is 0.411 e. The number of hydrogen-bond acceptors (Lipinski definition) is 3. The van der Waals surface area contributed by atoms with Crippen molar-refractivity contribution in [2.45, 2.75) is 59.2 Å². The van der Waals surface area contributed by atoms with Crippen molar-refractivity contribution in [3.8, 4) is 0 Å². The lowest BCUT2D eigenvalue weighted by molar-refractivity contribution is -0.173. The smallest absolute Gasteiger partial charge is 0.377 e. The summed E-state index contributed by atoms with van der Waals surface area (Å²) in [6, 6.07) is 0. The summed E-state index contributed by atoms with van der Waals surface area (Å²) in [6.45, 7) is 10.1. The Labute approximate surface area is 155 Å². The number of aliphatic imine (C=N–C) groups is 1. The molecule has 1 saturated heterocycles. The van der Waals surface area contributed by atoms with Crippen LogP contribution in [0.5, 0.6) is 0 Å². The van der Waals surface area contributed by atoms with Gasteiger partial charge in [0.05, 0.1) is 6.10 Å². The Bertz CT molecular complexity index is 423. The van der Waals surface area contributed by atoms with Crippen LogP contribution in [0.4, 0.5) is 13.2 Å². The van der Waals surface area contributed by atoms with Crippen LogP contribution in [0.15, 0.2) is 4.99 Å². The van der Waals surface area contributed by atoms with Gasteiger partial charge in [0.1, 0.15) is 6.61 Å². The number of hydrogen-bond donors (Lipinski definition) is 2. The fourth-order valence-electron chi connectivity index (χ4n) is 3.11. The van der Waals surface area contributed by atoms with Gasteiger partial charge in [-0.05, 0) is 31.6 Å². The van der Waals surface area contributed by atoms with E-state index in [1.807, 2.05) is 6.92 Å². The highest BCUT2D eigenvalue weighted by Gasteiger charge is 2.35. The van der Waals surface area contributed by atoms with E-state index in [1.165, 1.54) is 0 Å². The highest BCUT2D eigenvalue weighted by atomic mass is 19.4. The number of nitrogens with one attached hydrogen (secondary N) is 2. The van der Waals surface area contributed by atoms with Crippen molar-refractivity contribution in [2.24, 2.45) is 16.3 Å². The molecule has 2 unspecified atom stereocenters. The zero-order valence-electron chi connectivity index (χ0n) is 16.4. The van der Waals surface area contributed by atoms with Crippen molar-refractivity contribution < 1.29 is 22.6 Å². The van der Waals surface area contributed by atoms with Crippen LogP contribution in [0.3, 0.4) is 0 Å². The minimum absolute atomic E-state index is 0.0640. The Balaban J connectivity index is 2.42. The molecule has 0 aliphatic carbocycles. The molecule has 1 aliphatic heterocycles. The maximum Gasteiger partial charge on any atom is 0.411 e. The molecule has 0 saturated carbocycles. The molecule has 0 radical (unpaired) electrons. The molecule has 0 aromatic rings. The standard InChI is InChI=1S/C18H34F3N3O2/c1-5-22-16(23-9-7-10-25-13-18(19,20)21)24-12-14-8-6-11-26-15(14)17(2,3)4/h14-15H,5-13H2,1-4H3,(H2,22,23,24). The minimum Gasteiger partial charge on any atom is -0.377 e. The first-order valence-corrected chi connectivity index (χ1v) is 9.41. The lowest BCUT2D eigenvalue weighted by atomic mass is 9.78. The second-order valence-electron chi connectivity index (χ2n) is 7.73. The number of alkyl halides is 3. The summed E-state index contributed by atoms with van der Waals surface area (Å²) in [5.41, 5.74) is 0.0716. The minimum atomic E-state index is -4.27. The average molecular weight is 381 g/mol. The summed E-state index contributed by atoms with van der Waals surface area (Å²) in [5, 5.41) is 6.32. The summed E-state index contributed by atoms with van der Waals surface area (Å²) in [7, 11) is 0. The van der Waals surface area contributed by atoms with Gasteiger partial charge in [0, 0.05) is 38.8 Å². The number of guanidine groups is 1. The van der Waals surface area contributed by atoms with Crippen LogP contribution in [-0.4, -0.2) is 57.7 Å². The molecule has 0 spiro atoms. The van der Waals surface area contributed by atoms with Crippen LogP contribution in [0.2, 0.25) is 0 Å². The van der Waals surface area contributed by atoms with E-state index in [0.717, 1.165) is 26.0 Å². The van der Waals surface area contributed by atoms with Crippen LogP contribution in [0.25, 0.3) is 0 Å². The topological polar surface area (TPSA) is 54.9 Å². The molecule has 5 nitrogen and oxygen atoms in total. The molecular formula is C18H34F3N3O2. The van der Waals surface area contributed by atoms with Gasteiger partial charge in [0.2, 0.25) is 0 Å². The van der Waals surface area contributed by atoms with Gasteiger partial charge in [-0.15, -0.1) is 0 Å². The normalized spacial score (nSPS) is 22.3. The zero-order valence-corrected chi connectivity index (χ0v) is 16.4.